The van der Waals surface area contributed by atoms with Gasteiger partial charge in [-0.3, -0.25) is 4.90 Å². The molecule has 1 unspecified atom stereocenters. The number of likely N-dealkylation sites (tertiary alicyclic amines) is 1. The van der Waals surface area contributed by atoms with Gasteiger partial charge in [-0.1, -0.05) is 27.7 Å². The van der Waals surface area contributed by atoms with Crippen LogP contribution in [-0.4, -0.2) is 30.5 Å². The second kappa shape index (κ2) is 7.42. The molecule has 1 aliphatic heterocycles. The van der Waals surface area contributed by atoms with Crippen LogP contribution in [-0.2, 0) is 0 Å². The first-order valence-electron chi connectivity index (χ1n) is 8.70. The molecule has 0 bridgehead atoms. The third-order valence-corrected chi connectivity index (χ3v) is 4.81. The van der Waals surface area contributed by atoms with Crippen molar-refractivity contribution in [2.75, 3.05) is 19.6 Å². The minimum Gasteiger partial charge on any atom is -0.297 e. The van der Waals surface area contributed by atoms with Crippen LogP contribution in [0.15, 0.2) is 12.1 Å². The summed E-state index contributed by atoms with van der Waals surface area (Å²) in [4.78, 5) is 1.73. The highest BCUT2D eigenvalue weighted by Gasteiger charge is 2.46. The van der Waals surface area contributed by atoms with E-state index >= 15 is 0 Å². The van der Waals surface area contributed by atoms with Gasteiger partial charge in [0, 0.05) is 0 Å². The fourth-order valence-corrected chi connectivity index (χ4v) is 3.31. The van der Waals surface area contributed by atoms with Gasteiger partial charge in [0.25, 0.3) is 5.92 Å². The zero-order valence-electron chi connectivity index (χ0n) is 14.9. The third kappa shape index (κ3) is 4.29. The van der Waals surface area contributed by atoms with E-state index in [9.17, 15) is 17.6 Å². The standard InChI is InChI=1S/C19H27F4N/c1-12(2)5-7-24-8-6-16(19(22,23)11-24)15-10-17(20)14(13(3)4)9-18(15)21/h9-10,12-13,16H,5-8,11H2,1-4H3. The lowest BCUT2D eigenvalue weighted by atomic mass is 9.84. The maximum Gasteiger partial charge on any atom is 0.267 e. The normalized spacial score (nSPS) is 21.7. The molecule has 1 nitrogen and oxygen atoms in total. The molecule has 0 saturated carbocycles. The number of benzene rings is 1. The van der Waals surface area contributed by atoms with Gasteiger partial charge in [-0.2, -0.15) is 0 Å². The van der Waals surface area contributed by atoms with Crippen molar-refractivity contribution in [1.29, 1.82) is 0 Å². The van der Waals surface area contributed by atoms with Crippen LogP contribution >= 0.6 is 0 Å². The molecule has 0 aliphatic carbocycles. The molecule has 1 aliphatic rings. The molecule has 1 aromatic rings. The smallest absolute Gasteiger partial charge is 0.267 e. The lowest BCUT2D eigenvalue weighted by Gasteiger charge is -2.39. The van der Waals surface area contributed by atoms with Crippen LogP contribution in [0.4, 0.5) is 17.6 Å². The van der Waals surface area contributed by atoms with Crippen molar-refractivity contribution in [3.05, 3.63) is 34.9 Å². The fraction of sp³-hybridized carbons (Fsp3) is 0.684. The van der Waals surface area contributed by atoms with E-state index in [1.807, 2.05) is 0 Å². The number of piperidine rings is 1. The Morgan fingerprint density at radius 2 is 1.79 bits per heavy atom. The molecule has 1 aromatic carbocycles. The summed E-state index contributed by atoms with van der Waals surface area (Å²) >= 11 is 0. The monoisotopic (exact) mass is 345 g/mol. The zero-order chi connectivity index (χ0) is 18.1. The van der Waals surface area contributed by atoms with Crippen molar-refractivity contribution >= 4 is 0 Å². The lowest BCUT2D eigenvalue weighted by molar-refractivity contribution is -0.0841. The molecule has 0 spiro atoms. The number of alkyl halides is 2. The molecule has 0 radical (unpaired) electrons. The largest absolute Gasteiger partial charge is 0.297 e. The number of nitrogens with zero attached hydrogens (tertiary/aromatic N) is 1. The van der Waals surface area contributed by atoms with Gasteiger partial charge in [-0.25, -0.2) is 17.6 Å². The van der Waals surface area contributed by atoms with Crippen molar-refractivity contribution in [3.63, 3.8) is 0 Å². The zero-order valence-corrected chi connectivity index (χ0v) is 14.9. The fourth-order valence-electron chi connectivity index (χ4n) is 3.31. The molecule has 1 saturated heterocycles. The highest BCUT2D eigenvalue weighted by molar-refractivity contribution is 5.32. The Labute approximate surface area is 142 Å². The van der Waals surface area contributed by atoms with E-state index in [-0.39, 0.29) is 23.5 Å². The van der Waals surface area contributed by atoms with Gasteiger partial charge in [-0.05, 0) is 61.0 Å². The molecule has 0 N–H and O–H groups in total. The third-order valence-electron chi connectivity index (χ3n) is 4.81. The number of halogens is 4. The summed E-state index contributed by atoms with van der Waals surface area (Å²) in [5, 5.41) is 0. The topological polar surface area (TPSA) is 3.24 Å². The molecule has 0 aromatic heterocycles. The molecule has 5 heteroatoms. The Kier molecular flexibility index (Phi) is 5.95. The summed E-state index contributed by atoms with van der Waals surface area (Å²) in [7, 11) is 0. The summed E-state index contributed by atoms with van der Waals surface area (Å²) in [6, 6.07) is 2.06. The summed E-state index contributed by atoms with van der Waals surface area (Å²) in [5.74, 6) is -5.37. The predicted octanol–water partition coefficient (Wildman–Crippen LogP) is 5.56. The van der Waals surface area contributed by atoms with Crippen LogP contribution in [0.1, 0.15) is 63.5 Å². The van der Waals surface area contributed by atoms with Gasteiger partial charge < -0.3 is 0 Å². The van der Waals surface area contributed by atoms with Crippen molar-refractivity contribution in [3.8, 4) is 0 Å². The van der Waals surface area contributed by atoms with E-state index in [0.29, 0.717) is 19.0 Å². The van der Waals surface area contributed by atoms with Crippen LogP contribution in [0.2, 0.25) is 0 Å². The van der Waals surface area contributed by atoms with E-state index in [0.717, 1.165) is 18.6 Å². The second-order valence-corrected chi connectivity index (χ2v) is 7.61. The van der Waals surface area contributed by atoms with Crippen LogP contribution in [0.3, 0.4) is 0 Å². The van der Waals surface area contributed by atoms with Crippen LogP contribution in [0.25, 0.3) is 0 Å². The van der Waals surface area contributed by atoms with Crippen LogP contribution in [0, 0.1) is 17.6 Å². The molecule has 1 heterocycles. The van der Waals surface area contributed by atoms with Crippen molar-refractivity contribution in [2.45, 2.75) is 58.3 Å². The Morgan fingerprint density at radius 3 is 2.33 bits per heavy atom. The average molecular weight is 345 g/mol. The predicted molar refractivity (Wildman–Crippen MR) is 88.6 cm³/mol. The molecule has 0 amide bonds. The van der Waals surface area contributed by atoms with E-state index in [1.165, 1.54) is 0 Å². The molecular weight excluding hydrogens is 318 g/mol. The van der Waals surface area contributed by atoms with E-state index < -0.39 is 30.0 Å². The average Bonchev–Trinajstić information content (AvgIpc) is 2.46. The lowest BCUT2D eigenvalue weighted by Crippen LogP contribution is -2.48. The van der Waals surface area contributed by atoms with Gasteiger partial charge in [0.1, 0.15) is 11.6 Å². The first kappa shape index (κ1) is 19.2. The number of hydrogen-bond acceptors (Lipinski definition) is 1. The van der Waals surface area contributed by atoms with Crippen LogP contribution < -0.4 is 0 Å². The second-order valence-electron chi connectivity index (χ2n) is 7.61. The molecule has 2 rings (SSSR count). The van der Waals surface area contributed by atoms with E-state index in [4.69, 9.17) is 0 Å². The van der Waals surface area contributed by atoms with E-state index in [1.54, 1.807) is 18.7 Å². The molecular formula is C19H27F4N. The minimum absolute atomic E-state index is 0.141. The highest BCUT2D eigenvalue weighted by Crippen LogP contribution is 2.42. The maximum absolute atomic E-state index is 14.6. The SMILES string of the molecule is CC(C)CCN1CCC(c2cc(F)c(C(C)C)cc2F)C(F)(F)C1. The van der Waals surface area contributed by atoms with Gasteiger partial charge in [0.05, 0.1) is 12.5 Å². The highest BCUT2D eigenvalue weighted by atomic mass is 19.3. The van der Waals surface area contributed by atoms with Crippen molar-refractivity contribution in [1.82, 2.24) is 4.90 Å². The first-order valence-corrected chi connectivity index (χ1v) is 8.70. The Morgan fingerprint density at radius 1 is 1.12 bits per heavy atom. The molecule has 24 heavy (non-hydrogen) atoms. The van der Waals surface area contributed by atoms with Gasteiger partial charge in [0.15, 0.2) is 0 Å². The summed E-state index contributed by atoms with van der Waals surface area (Å²) in [6.45, 7) is 8.32. The molecule has 1 fully saturated rings. The van der Waals surface area contributed by atoms with Crippen LogP contribution in [0.5, 0.6) is 0 Å². The molecule has 1 atom stereocenters. The number of rotatable bonds is 5. The quantitative estimate of drug-likeness (QED) is 0.632. The summed E-state index contributed by atoms with van der Waals surface area (Å²) < 4.78 is 57.6. The minimum atomic E-state index is -3.05. The molecule has 136 valence electrons. The van der Waals surface area contributed by atoms with Gasteiger partial charge in [-0.15, -0.1) is 0 Å². The van der Waals surface area contributed by atoms with Crippen molar-refractivity contribution < 1.29 is 17.6 Å². The summed E-state index contributed by atoms with van der Waals surface area (Å²) in [5.41, 5.74) is 0.0411. The van der Waals surface area contributed by atoms with Gasteiger partial charge in [0.2, 0.25) is 0 Å². The van der Waals surface area contributed by atoms with E-state index in [2.05, 4.69) is 13.8 Å². The Balaban J connectivity index is 2.20. The Hall–Kier alpha value is -1.10. The Bertz CT molecular complexity index is 569. The van der Waals surface area contributed by atoms with Crippen molar-refractivity contribution in [2.24, 2.45) is 5.92 Å². The summed E-state index contributed by atoms with van der Waals surface area (Å²) in [6.07, 6.45) is 0.995. The van der Waals surface area contributed by atoms with Gasteiger partial charge >= 0.3 is 0 Å². The number of hydrogen-bond donors (Lipinski definition) is 0. The maximum atomic E-state index is 14.6. The first-order chi connectivity index (χ1) is 11.1.